The van der Waals surface area contributed by atoms with Crippen molar-refractivity contribution in [3.63, 3.8) is 0 Å². The molecule has 0 fully saturated rings. The molecular weight excluding hydrogens is 342 g/mol. The fourth-order valence-electron chi connectivity index (χ4n) is 2.75. The van der Waals surface area contributed by atoms with E-state index in [-0.39, 0.29) is 5.91 Å². The molecule has 4 nitrogen and oxygen atoms in total. The molecule has 0 aliphatic carbocycles. The molecule has 0 unspecified atom stereocenters. The molecule has 0 saturated carbocycles. The van der Waals surface area contributed by atoms with Crippen LogP contribution in [0, 0.1) is 20.8 Å². The molecule has 1 heterocycles. The molecular formula is C21H23N3OS. The highest BCUT2D eigenvalue weighted by Crippen LogP contribution is 2.32. The summed E-state index contributed by atoms with van der Waals surface area (Å²) < 4.78 is 0. The second-order valence-electron chi connectivity index (χ2n) is 6.51. The van der Waals surface area contributed by atoms with Gasteiger partial charge in [-0.1, -0.05) is 24.3 Å². The van der Waals surface area contributed by atoms with E-state index in [4.69, 9.17) is 10.7 Å². The van der Waals surface area contributed by atoms with Gasteiger partial charge in [-0.15, -0.1) is 11.3 Å². The van der Waals surface area contributed by atoms with Crippen LogP contribution >= 0.6 is 11.3 Å². The Labute approximate surface area is 158 Å². The van der Waals surface area contributed by atoms with Crippen LogP contribution in [0.25, 0.3) is 11.3 Å². The molecule has 134 valence electrons. The zero-order chi connectivity index (χ0) is 18.7. The minimum atomic E-state index is -0.274. The van der Waals surface area contributed by atoms with Gasteiger partial charge in [-0.3, -0.25) is 4.79 Å². The van der Waals surface area contributed by atoms with E-state index < -0.39 is 0 Å². The number of hydrogen-bond donors (Lipinski definition) is 2. The van der Waals surface area contributed by atoms with Crippen LogP contribution < -0.4 is 11.1 Å². The van der Waals surface area contributed by atoms with E-state index in [1.807, 2.05) is 24.3 Å². The molecule has 5 heteroatoms. The Bertz CT molecular complexity index is 929. The Balaban J connectivity index is 1.75. The highest BCUT2D eigenvalue weighted by atomic mass is 32.1. The Hall–Kier alpha value is -2.66. The Morgan fingerprint density at radius 2 is 1.81 bits per heavy atom. The predicted molar refractivity (Wildman–Crippen MR) is 109 cm³/mol. The van der Waals surface area contributed by atoms with Gasteiger partial charge in [0.1, 0.15) is 0 Å². The normalized spacial score (nSPS) is 10.7. The Morgan fingerprint density at radius 1 is 1.08 bits per heavy atom. The number of carbonyl (C=O) groups excluding carboxylic acids is 1. The second-order valence-corrected chi connectivity index (χ2v) is 7.71. The summed E-state index contributed by atoms with van der Waals surface area (Å²) in [4.78, 5) is 16.8. The molecule has 3 rings (SSSR count). The topological polar surface area (TPSA) is 68.0 Å². The van der Waals surface area contributed by atoms with Crippen LogP contribution in [0.4, 0.5) is 10.8 Å². The van der Waals surface area contributed by atoms with E-state index in [1.54, 1.807) is 11.3 Å². The summed E-state index contributed by atoms with van der Waals surface area (Å²) in [6.45, 7) is 6.34. The lowest BCUT2D eigenvalue weighted by Crippen LogP contribution is -2.11. The third-order valence-corrected chi connectivity index (χ3v) is 5.33. The number of nitrogens with zero attached hydrogens (tertiary/aromatic N) is 1. The number of amides is 1. The monoisotopic (exact) mass is 365 g/mol. The van der Waals surface area contributed by atoms with Crippen molar-refractivity contribution in [3.05, 3.63) is 64.0 Å². The van der Waals surface area contributed by atoms with Gasteiger partial charge in [0.15, 0.2) is 5.13 Å². The summed E-state index contributed by atoms with van der Waals surface area (Å²) in [6.07, 6.45) is 1.04. The van der Waals surface area contributed by atoms with Crippen molar-refractivity contribution in [3.8, 4) is 11.3 Å². The maximum Gasteiger partial charge on any atom is 0.217 e. The summed E-state index contributed by atoms with van der Waals surface area (Å²) in [5, 5.41) is 4.24. The number of thiazole rings is 1. The predicted octanol–water partition coefficient (Wildman–Crippen LogP) is 4.90. The first kappa shape index (κ1) is 18.1. The lowest BCUT2D eigenvalue weighted by atomic mass is 10.0. The van der Waals surface area contributed by atoms with E-state index in [1.165, 1.54) is 16.0 Å². The number of nitrogens with one attached hydrogen (secondary N) is 1. The third-order valence-electron chi connectivity index (χ3n) is 4.44. The molecule has 26 heavy (non-hydrogen) atoms. The average Bonchev–Trinajstić information content (AvgIpc) is 2.97. The standard InChI is InChI=1S/C21H23N3OS/c1-13-4-8-17(12-14(13)2)20-15(3)26-21(24-20)23-18-9-5-16(6-10-18)7-11-19(22)25/h4-6,8-10,12H,7,11H2,1-3H3,(H2,22,25)(H,23,24). The van der Waals surface area contributed by atoms with Crippen molar-refractivity contribution in [2.24, 2.45) is 5.73 Å². The van der Waals surface area contributed by atoms with Gasteiger partial charge in [-0.25, -0.2) is 4.98 Å². The van der Waals surface area contributed by atoms with E-state index >= 15 is 0 Å². The van der Waals surface area contributed by atoms with Gasteiger partial charge in [0, 0.05) is 22.5 Å². The van der Waals surface area contributed by atoms with Crippen molar-refractivity contribution in [2.45, 2.75) is 33.6 Å². The lowest BCUT2D eigenvalue weighted by Gasteiger charge is -2.05. The average molecular weight is 366 g/mol. The first-order valence-corrected chi connectivity index (χ1v) is 9.43. The number of aromatic nitrogens is 1. The zero-order valence-corrected chi connectivity index (χ0v) is 16.1. The molecule has 0 spiro atoms. The van der Waals surface area contributed by atoms with Crippen LogP contribution in [0.2, 0.25) is 0 Å². The lowest BCUT2D eigenvalue weighted by molar-refractivity contribution is -0.117. The first-order chi connectivity index (χ1) is 12.4. The van der Waals surface area contributed by atoms with Gasteiger partial charge in [-0.2, -0.15) is 0 Å². The van der Waals surface area contributed by atoms with E-state index in [2.05, 4.69) is 44.3 Å². The van der Waals surface area contributed by atoms with Crippen molar-refractivity contribution >= 4 is 28.1 Å². The molecule has 0 bridgehead atoms. The number of nitrogens with two attached hydrogens (primary N) is 1. The fourth-order valence-corrected chi connectivity index (χ4v) is 3.61. The van der Waals surface area contributed by atoms with Crippen molar-refractivity contribution in [2.75, 3.05) is 5.32 Å². The van der Waals surface area contributed by atoms with Gasteiger partial charge < -0.3 is 11.1 Å². The summed E-state index contributed by atoms with van der Waals surface area (Å²) in [7, 11) is 0. The summed E-state index contributed by atoms with van der Waals surface area (Å²) in [6, 6.07) is 14.5. The molecule has 1 aromatic heterocycles. The second kappa shape index (κ2) is 7.70. The van der Waals surface area contributed by atoms with Crippen LogP contribution in [0.3, 0.4) is 0 Å². The van der Waals surface area contributed by atoms with Crippen molar-refractivity contribution in [1.82, 2.24) is 4.98 Å². The zero-order valence-electron chi connectivity index (χ0n) is 15.3. The number of carbonyl (C=O) groups is 1. The number of rotatable bonds is 6. The number of aryl methyl sites for hydroxylation is 4. The number of benzene rings is 2. The van der Waals surface area contributed by atoms with Crippen molar-refractivity contribution in [1.29, 1.82) is 0 Å². The van der Waals surface area contributed by atoms with Gasteiger partial charge in [-0.05, 0) is 62.1 Å². The van der Waals surface area contributed by atoms with E-state index in [0.29, 0.717) is 12.8 Å². The highest BCUT2D eigenvalue weighted by Gasteiger charge is 2.11. The molecule has 3 N–H and O–H groups in total. The van der Waals surface area contributed by atoms with E-state index in [0.717, 1.165) is 27.6 Å². The summed E-state index contributed by atoms with van der Waals surface area (Å²) in [5.41, 5.74) is 12.0. The first-order valence-electron chi connectivity index (χ1n) is 8.61. The number of hydrogen-bond acceptors (Lipinski definition) is 4. The Kier molecular flexibility index (Phi) is 5.38. The minimum Gasteiger partial charge on any atom is -0.370 e. The van der Waals surface area contributed by atoms with Crippen LogP contribution in [0.1, 0.15) is 28.0 Å². The molecule has 2 aromatic carbocycles. The van der Waals surface area contributed by atoms with Gasteiger partial charge >= 0.3 is 0 Å². The van der Waals surface area contributed by atoms with Gasteiger partial charge in [0.25, 0.3) is 0 Å². The van der Waals surface area contributed by atoms with Crippen LogP contribution in [0.5, 0.6) is 0 Å². The van der Waals surface area contributed by atoms with Crippen molar-refractivity contribution < 1.29 is 4.79 Å². The maximum absolute atomic E-state index is 10.9. The SMILES string of the molecule is Cc1ccc(-c2nc(Nc3ccc(CCC(N)=O)cc3)sc2C)cc1C. The quantitative estimate of drug-likeness (QED) is 0.653. The van der Waals surface area contributed by atoms with Crippen LogP contribution in [-0.2, 0) is 11.2 Å². The van der Waals surface area contributed by atoms with E-state index in [9.17, 15) is 4.79 Å². The number of primary amides is 1. The highest BCUT2D eigenvalue weighted by molar-refractivity contribution is 7.16. The smallest absolute Gasteiger partial charge is 0.217 e. The van der Waals surface area contributed by atoms with Crippen LogP contribution in [0.15, 0.2) is 42.5 Å². The minimum absolute atomic E-state index is 0.274. The fraction of sp³-hybridized carbons (Fsp3) is 0.238. The molecule has 0 aliphatic heterocycles. The summed E-state index contributed by atoms with van der Waals surface area (Å²) >= 11 is 1.65. The third kappa shape index (κ3) is 4.29. The molecule has 0 atom stereocenters. The van der Waals surface area contributed by atoms with Crippen LogP contribution in [-0.4, -0.2) is 10.9 Å². The maximum atomic E-state index is 10.9. The molecule has 0 aliphatic rings. The molecule has 0 radical (unpaired) electrons. The Morgan fingerprint density at radius 3 is 2.46 bits per heavy atom. The molecule has 0 saturated heterocycles. The van der Waals surface area contributed by atoms with Gasteiger partial charge in [0.2, 0.25) is 5.91 Å². The molecule has 1 amide bonds. The largest absolute Gasteiger partial charge is 0.370 e. The van der Waals surface area contributed by atoms with Gasteiger partial charge in [0.05, 0.1) is 5.69 Å². The number of anilines is 2. The summed E-state index contributed by atoms with van der Waals surface area (Å²) in [5.74, 6) is -0.274. The molecule has 3 aromatic rings.